The van der Waals surface area contributed by atoms with E-state index in [0.29, 0.717) is 24.6 Å². The molecule has 136 valence electrons. The number of aromatic nitrogens is 2. The average molecular weight is 369 g/mol. The zero-order chi connectivity index (χ0) is 18.0. The van der Waals surface area contributed by atoms with E-state index in [1.807, 2.05) is 13.0 Å². The van der Waals surface area contributed by atoms with Gasteiger partial charge in [-0.2, -0.15) is 8.42 Å². The molecule has 1 aliphatic heterocycles. The number of hydrogen-bond acceptors (Lipinski definition) is 6. The molecule has 1 aromatic carbocycles. The molecule has 1 fully saturated rings. The Kier molecular flexibility index (Phi) is 5.02. The summed E-state index contributed by atoms with van der Waals surface area (Å²) in [5.74, 6) is 1.59. The van der Waals surface area contributed by atoms with Crippen molar-refractivity contribution in [2.24, 2.45) is 11.1 Å². The van der Waals surface area contributed by atoms with Crippen LogP contribution in [0.15, 0.2) is 18.5 Å². The Morgan fingerprint density at radius 1 is 1.40 bits per heavy atom. The number of nitrogens with one attached hydrogen (secondary N) is 1. The molecule has 8 nitrogen and oxygen atoms in total. The molecule has 3 N–H and O–H groups in total. The molecule has 0 radical (unpaired) electrons. The quantitative estimate of drug-likeness (QED) is 0.749. The molecule has 0 bridgehead atoms. The summed E-state index contributed by atoms with van der Waals surface area (Å²) < 4.78 is 41.6. The molecule has 1 aliphatic rings. The van der Waals surface area contributed by atoms with Crippen LogP contribution in [0.5, 0.6) is 5.75 Å². The molecule has 25 heavy (non-hydrogen) atoms. The molecule has 0 atom stereocenters. The predicted octanol–water partition coefficient (Wildman–Crippen LogP) is 0.863. The van der Waals surface area contributed by atoms with Gasteiger partial charge in [0.15, 0.2) is 0 Å². The van der Waals surface area contributed by atoms with Crippen LogP contribution < -0.4 is 19.5 Å². The van der Waals surface area contributed by atoms with Gasteiger partial charge in [0, 0.05) is 25.0 Å². The summed E-state index contributed by atoms with van der Waals surface area (Å²) in [4.78, 5) is 10.7. The SMILES string of the molecule is Cc1cc2ncnc(N3CC(CCNS(N)(=O)=O)C3)c2cc1OCF. The minimum Gasteiger partial charge on any atom is -0.463 e. The van der Waals surface area contributed by atoms with Crippen LogP contribution in [0.2, 0.25) is 0 Å². The molecule has 0 spiro atoms. The maximum atomic E-state index is 12.5. The number of ether oxygens (including phenoxy) is 1. The van der Waals surface area contributed by atoms with Gasteiger partial charge in [-0.25, -0.2) is 24.2 Å². The molecule has 1 aromatic heterocycles. The van der Waals surface area contributed by atoms with E-state index < -0.39 is 17.1 Å². The Morgan fingerprint density at radius 2 is 2.16 bits per heavy atom. The van der Waals surface area contributed by atoms with Crippen molar-refractivity contribution in [2.45, 2.75) is 13.3 Å². The average Bonchev–Trinajstić information content (AvgIpc) is 2.49. The number of benzene rings is 1. The fourth-order valence-electron chi connectivity index (χ4n) is 2.97. The van der Waals surface area contributed by atoms with Crippen molar-refractivity contribution in [1.82, 2.24) is 14.7 Å². The smallest absolute Gasteiger partial charge is 0.274 e. The van der Waals surface area contributed by atoms with Crippen LogP contribution in [0, 0.1) is 12.8 Å². The molecule has 3 rings (SSSR count). The number of anilines is 1. The van der Waals surface area contributed by atoms with Gasteiger partial charge in [0.25, 0.3) is 10.2 Å². The van der Waals surface area contributed by atoms with Gasteiger partial charge in [0.05, 0.1) is 5.52 Å². The molecule has 0 amide bonds. The molecular weight excluding hydrogens is 349 g/mol. The first-order valence-corrected chi connectivity index (χ1v) is 9.38. The lowest BCUT2D eigenvalue weighted by Gasteiger charge is -2.40. The first-order valence-electron chi connectivity index (χ1n) is 7.84. The Hall–Kier alpha value is -2.04. The highest BCUT2D eigenvalue weighted by Crippen LogP contribution is 2.33. The van der Waals surface area contributed by atoms with E-state index in [1.165, 1.54) is 6.33 Å². The summed E-state index contributed by atoms with van der Waals surface area (Å²) in [6.07, 6.45) is 2.20. The third-order valence-corrected chi connectivity index (χ3v) is 4.84. The molecule has 10 heteroatoms. The predicted molar refractivity (Wildman–Crippen MR) is 92.3 cm³/mol. The topological polar surface area (TPSA) is 110 Å². The third-order valence-electron chi connectivity index (χ3n) is 4.23. The Labute approximate surface area is 145 Å². The number of hydrogen-bond donors (Lipinski definition) is 2. The largest absolute Gasteiger partial charge is 0.463 e. The van der Waals surface area contributed by atoms with Crippen LogP contribution in [0.4, 0.5) is 10.2 Å². The number of rotatable bonds is 7. The van der Waals surface area contributed by atoms with Crippen molar-refractivity contribution in [2.75, 3.05) is 31.4 Å². The number of halogens is 1. The fourth-order valence-corrected chi connectivity index (χ4v) is 3.37. The lowest BCUT2D eigenvalue weighted by molar-refractivity contribution is 0.191. The van der Waals surface area contributed by atoms with Crippen molar-refractivity contribution in [3.05, 3.63) is 24.0 Å². The number of fused-ring (bicyclic) bond motifs is 1. The molecular formula is C15H20FN5O3S. The summed E-state index contributed by atoms with van der Waals surface area (Å²) in [6.45, 7) is 2.77. The Balaban J connectivity index is 1.71. The van der Waals surface area contributed by atoms with Gasteiger partial charge in [0.2, 0.25) is 6.86 Å². The minimum absolute atomic E-state index is 0.315. The van der Waals surface area contributed by atoms with E-state index in [4.69, 9.17) is 9.88 Å². The second kappa shape index (κ2) is 7.06. The molecule has 1 saturated heterocycles. The van der Waals surface area contributed by atoms with Crippen LogP contribution in [0.3, 0.4) is 0 Å². The van der Waals surface area contributed by atoms with Gasteiger partial charge in [-0.3, -0.25) is 0 Å². The highest BCUT2D eigenvalue weighted by Gasteiger charge is 2.29. The van der Waals surface area contributed by atoms with Crippen LogP contribution in [-0.2, 0) is 10.2 Å². The number of nitrogens with zero attached hydrogens (tertiary/aromatic N) is 3. The van der Waals surface area contributed by atoms with Crippen molar-refractivity contribution < 1.29 is 17.5 Å². The van der Waals surface area contributed by atoms with Crippen LogP contribution in [0.25, 0.3) is 10.9 Å². The van der Waals surface area contributed by atoms with Crippen molar-refractivity contribution in [3.8, 4) is 5.75 Å². The summed E-state index contributed by atoms with van der Waals surface area (Å²) in [5.41, 5.74) is 1.58. The maximum absolute atomic E-state index is 12.5. The zero-order valence-electron chi connectivity index (χ0n) is 13.8. The lowest BCUT2D eigenvalue weighted by Crippen LogP contribution is -2.48. The minimum atomic E-state index is -3.64. The maximum Gasteiger partial charge on any atom is 0.274 e. The molecule has 0 unspecified atom stereocenters. The monoisotopic (exact) mass is 369 g/mol. The van der Waals surface area contributed by atoms with Gasteiger partial charge >= 0.3 is 0 Å². The molecule has 2 aromatic rings. The second-order valence-corrected chi connectivity index (χ2v) is 7.46. The molecule has 0 saturated carbocycles. The summed E-state index contributed by atoms with van der Waals surface area (Å²) >= 11 is 0. The van der Waals surface area contributed by atoms with E-state index in [9.17, 15) is 12.8 Å². The van der Waals surface area contributed by atoms with E-state index in [-0.39, 0.29) is 0 Å². The van der Waals surface area contributed by atoms with Gasteiger partial charge in [0.1, 0.15) is 17.9 Å². The Morgan fingerprint density at radius 3 is 2.84 bits per heavy atom. The van der Waals surface area contributed by atoms with Gasteiger partial charge in [-0.15, -0.1) is 0 Å². The second-order valence-electron chi connectivity index (χ2n) is 6.08. The van der Waals surface area contributed by atoms with Gasteiger partial charge in [-0.1, -0.05) is 0 Å². The normalized spacial score (nSPS) is 15.4. The zero-order valence-corrected chi connectivity index (χ0v) is 14.6. The first kappa shape index (κ1) is 17.8. The standard InChI is InChI=1S/C15H20FN5O3S/c1-10-4-13-12(5-14(10)24-8-16)15(19-9-18-13)21-6-11(7-21)2-3-20-25(17,22)23/h4-5,9,11,20H,2-3,6-8H2,1H3,(H2,17,22,23). The van der Waals surface area contributed by atoms with Gasteiger partial charge in [-0.05, 0) is 37.0 Å². The van der Waals surface area contributed by atoms with E-state index in [2.05, 4.69) is 19.6 Å². The molecule has 0 aliphatic carbocycles. The lowest BCUT2D eigenvalue weighted by atomic mass is 9.96. The summed E-state index contributed by atoms with van der Waals surface area (Å²) in [5, 5.41) is 5.71. The summed E-state index contributed by atoms with van der Waals surface area (Å²) in [7, 11) is -3.64. The molecule has 2 heterocycles. The van der Waals surface area contributed by atoms with Crippen molar-refractivity contribution in [1.29, 1.82) is 0 Å². The van der Waals surface area contributed by atoms with Crippen LogP contribution in [0.1, 0.15) is 12.0 Å². The van der Waals surface area contributed by atoms with Crippen molar-refractivity contribution >= 4 is 26.9 Å². The summed E-state index contributed by atoms with van der Waals surface area (Å²) in [6, 6.07) is 3.61. The fraction of sp³-hybridized carbons (Fsp3) is 0.467. The van der Waals surface area contributed by atoms with Gasteiger partial charge < -0.3 is 9.64 Å². The number of nitrogens with two attached hydrogens (primary N) is 1. The highest BCUT2D eigenvalue weighted by molar-refractivity contribution is 7.87. The Bertz CT molecular complexity index is 871. The van der Waals surface area contributed by atoms with Crippen LogP contribution in [-0.4, -0.2) is 44.9 Å². The number of aryl methyl sites for hydroxylation is 1. The third kappa shape index (κ3) is 4.14. The van der Waals surface area contributed by atoms with Crippen LogP contribution >= 0.6 is 0 Å². The van der Waals surface area contributed by atoms with E-state index in [1.54, 1.807) is 6.07 Å². The van der Waals surface area contributed by atoms with E-state index in [0.717, 1.165) is 35.4 Å². The van der Waals surface area contributed by atoms with E-state index >= 15 is 0 Å². The highest BCUT2D eigenvalue weighted by atomic mass is 32.2. The van der Waals surface area contributed by atoms with Crippen molar-refractivity contribution in [3.63, 3.8) is 0 Å². The number of alkyl halides is 1. The first-order chi connectivity index (χ1) is 11.9.